The molecule has 1 N–H and O–H groups in total. The van der Waals surface area contributed by atoms with Crippen LogP contribution >= 0.6 is 0 Å². The molecule has 3 aromatic rings. The van der Waals surface area contributed by atoms with Crippen LogP contribution in [0.15, 0.2) is 51.7 Å². The molecule has 128 valence electrons. The molecule has 1 aliphatic heterocycles. The van der Waals surface area contributed by atoms with Crippen LogP contribution in [0.25, 0.3) is 11.1 Å². The molecule has 1 amide bonds. The summed E-state index contributed by atoms with van der Waals surface area (Å²) in [5, 5.41) is 2.80. The zero-order valence-electron chi connectivity index (χ0n) is 13.4. The van der Waals surface area contributed by atoms with E-state index in [9.17, 15) is 9.59 Å². The predicted molar refractivity (Wildman–Crippen MR) is 89.8 cm³/mol. The van der Waals surface area contributed by atoms with Gasteiger partial charge in [0.1, 0.15) is 19.8 Å². The summed E-state index contributed by atoms with van der Waals surface area (Å²) in [4.78, 5) is 24.1. The van der Waals surface area contributed by atoms with Crippen LogP contribution in [-0.2, 0) is 17.9 Å². The molecule has 0 unspecified atom stereocenters. The van der Waals surface area contributed by atoms with E-state index >= 15 is 0 Å². The number of hydrogen-bond donors (Lipinski definition) is 1. The number of oxazole rings is 1. The second-order valence-corrected chi connectivity index (χ2v) is 5.68. The Morgan fingerprint density at radius 1 is 1.08 bits per heavy atom. The fourth-order valence-corrected chi connectivity index (χ4v) is 2.76. The van der Waals surface area contributed by atoms with Crippen LogP contribution in [0, 0.1) is 0 Å². The zero-order valence-corrected chi connectivity index (χ0v) is 13.4. The minimum absolute atomic E-state index is 0.0968. The number of ether oxygens (including phenoxy) is 2. The van der Waals surface area contributed by atoms with Gasteiger partial charge in [-0.15, -0.1) is 0 Å². The molecule has 25 heavy (non-hydrogen) atoms. The topological polar surface area (TPSA) is 82.7 Å². The average molecular weight is 340 g/mol. The second-order valence-electron chi connectivity index (χ2n) is 5.68. The van der Waals surface area contributed by atoms with Crippen molar-refractivity contribution in [2.24, 2.45) is 0 Å². The Bertz CT molecular complexity index is 989. The monoisotopic (exact) mass is 340 g/mol. The second kappa shape index (κ2) is 6.35. The maximum Gasteiger partial charge on any atom is 0.420 e. The predicted octanol–water partition coefficient (Wildman–Crippen LogP) is 1.68. The van der Waals surface area contributed by atoms with Gasteiger partial charge in [0.2, 0.25) is 5.91 Å². The molecule has 0 saturated heterocycles. The minimum Gasteiger partial charge on any atom is -0.486 e. The fraction of sp³-hybridized carbons (Fsp3) is 0.222. The molecule has 0 bridgehead atoms. The molecule has 0 atom stereocenters. The number of nitrogens with zero attached hydrogens (tertiary/aromatic N) is 1. The molecule has 0 aliphatic carbocycles. The van der Waals surface area contributed by atoms with Gasteiger partial charge in [-0.3, -0.25) is 9.36 Å². The van der Waals surface area contributed by atoms with Crippen molar-refractivity contribution in [3.8, 4) is 11.5 Å². The first kappa shape index (κ1) is 15.3. The van der Waals surface area contributed by atoms with Gasteiger partial charge in [-0.05, 0) is 29.8 Å². The van der Waals surface area contributed by atoms with E-state index in [1.54, 1.807) is 24.3 Å². The Labute approximate surface area is 142 Å². The SMILES string of the molecule is O=C(Cn1c(=O)oc2ccccc21)NCc1ccc2c(c1)OCCO2. The van der Waals surface area contributed by atoms with E-state index in [4.69, 9.17) is 13.9 Å². The van der Waals surface area contributed by atoms with Crippen molar-refractivity contribution >= 4 is 17.0 Å². The van der Waals surface area contributed by atoms with E-state index in [1.807, 2.05) is 18.2 Å². The average Bonchev–Trinajstić information content (AvgIpc) is 2.95. The first-order valence-corrected chi connectivity index (χ1v) is 7.94. The number of aromatic nitrogens is 1. The lowest BCUT2D eigenvalue weighted by Gasteiger charge is -2.19. The minimum atomic E-state index is -0.546. The van der Waals surface area contributed by atoms with E-state index in [2.05, 4.69) is 5.32 Å². The number of hydrogen-bond acceptors (Lipinski definition) is 5. The van der Waals surface area contributed by atoms with Crippen molar-refractivity contribution in [3.63, 3.8) is 0 Å². The van der Waals surface area contributed by atoms with Crippen LogP contribution in [0.1, 0.15) is 5.56 Å². The molecule has 1 aromatic heterocycles. The van der Waals surface area contributed by atoms with Gasteiger partial charge in [0.25, 0.3) is 0 Å². The maximum atomic E-state index is 12.2. The Kier molecular flexibility index (Phi) is 3.89. The van der Waals surface area contributed by atoms with Crippen LogP contribution in [0.5, 0.6) is 11.5 Å². The maximum absolute atomic E-state index is 12.2. The van der Waals surface area contributed by atoms with Crippen molar-refractivity contribution in [2.75, 3.05) is 13.2 Å². The molecule has 0 saturated carbocycles. The third kappa shape index (κ3) is 3.08. The number of nitrogens with one attached hydrogen (secondary N) is 1. The smallest absolute Gasteiger partial charge is 0.420 e. The summed E-state index contributed by atoms with van der Waals surface area (Å²) in [6.45, 7) is 1.29. The summed E-state index contributed by atoms with van der Waals surface area (Å²) in [7, 11) is 0. The van der Waals surface area contributed by atoms with Gasteiger partial charge >= 0.3 is 5.76 Å². The Balaban J connectivity index is 1.44. The van der Waals surface area contributed by atoms with Gasteiger partial charge in [0.15, 0.2) is 17.1 Å². The van der Waals surface area contributed by atoms with Crippen molar-refractivity contribution in [1.29, 1.82) is 0 Å². The van der Waals surface area contributed by atoms with Gasteiger partial charge < -0.3 is 19.2 Å². The quantitative estimate of drug-likeness (QED) is 0.781. The number of rotatable bonds is 4. The van der Waals surface area contributed by atoms with E-state index < -0.39 is 5.76 Å². The van der Waals surface area contributed by atoms with Gasteiger partial charge in [0.05, 0.1) is 5.52 Å². The summed E-state index contributed by atoms with van der Waals surface area (Å²) in [6.07, 6.45) is 0. The van der Waals surface area contributed by atoms with Crippen LogP contribution in [0.3, 0.4) is 0 Å². The number of carbonyl (C=O) groups excluding carboxylic acids is 1. The van der Waals surface area contributed by atoms with Crippen molar-refractivity contribution in [3.05, 3.63) is 58.6 Å². The third-order valence-electron chi connectivity index (χ3n) is 3.97. The zero-order chi connectivity index (χ0) is 17.2. The van der Waals surface area contributed by atoms with Crippen LogP contribution in [0.4, 0.5) is 0 Å². The molecule has 2 heterocycles. The fourth-order valence-electron chi connectivity index (χ4n) is 2.76. The van der Waals surface area contributed by atoms with Crippen molar-refractivity contribution < 1.29 is 18.7 Å². The first-order chi connectivity index (χ1) is 12.2. The van der Waals surface area contributed by atoms with Crippen molar-refractivity contribution in [1.82, 2.24) is 9.88 Å². The summed E-state index contributed by atoms with van der Waals surface area (Å²) >= 11 is 0. The van der Waals surface area contributed by atoms with E-state index in [0.29, 0.717) is 42.4 Å². The largest absolute Gasteiger partial charge is 0.486 e. The Hall–Kier alpha value is -3.22. The van der Waals surface area contributed by atoms with Crippen LogP contribution < -0.4 is 20.5 Å². The molecule has 0 spiro atoms. The lowest BCUT2D eigenvalue weighted by atomic mass is 10.2. The lowest BCUT2D eigenvalue weighted by molar-refractivity contribution is -0.121. The number of para-hydroxylation sites is 2. The molecule has 4 rings (SSSR count). The first-order valence-electron chi connectivity index (χ1n) is 7.94. The number of fused-ring (bicyclic) bond motifs is 2. The standard InChI is InChI=1S/C18H16N2O5/c21-17(11-20-13-3-1-2-4-14(13)25-18(20)22)19-10-12-5-6-15-16(9-12)24-8-7-23-15/h1-6,9H,7-8,10-11H2,(H,19,21). The van der Waals surface area contributed by atoms with E-state index in [1.165, 1.54) is 4.57 Å². The molecule has 0 fully saturated rings. The summed E-state index contributed by atoms with van der Waals surface area (Å²) in [5.41, 5.74) is 1.95. The van der Waals surface area contributed by atoms with Crippen molar-refractivity contribution in [2.45, 2.75) is 13.1 Å². The third-order valence-corrected chi connectivity index (χ3v) is 3.97. The highest BCUT2D eigenvalue weighted by molar-refractivity contribution is 5.79. The molecule has 0 radical (unpaired) electrons. The summed E-state index contributed by atoms with van der Waals surface area (Å²) in [6, 6.07) is 12.5. The molecular formula is C18H16N2O5. The Morgan fingerprint density at radius 3 is 2.76 bits per heavy atom. The summed E-state index contributed by atoms with van der Waals surface area (Å²) < 4.78 is 17.4. The van der Waals surface area contributed by atoms with Gasteiger partial charge in [-0.2, -0.15) is 0 Å². The highest BCUT2D eigenvalue weighted by Gasteiger charge is 2.14. The molecule has 2 aromatic carbocycles. The van der Waals surface area contributed by atoms with E-state index in [0.717, 1.165) is 5.56 Å². The number of carbonyl (C=O) groups is 1. The van der Waals surface area contributed by atoms with Gasteiger partial charge in [-0.1, -0.05) is 18.2 Å². The lowest BCUT2D eigenvalue weighted by Crippen LogP contribution is -2.30. The molecular weight excluding hydrogens is 324 g/mol. The van der Waals surface area contributed by atoms with Gasteiger partial charge in [-0.25, -0.2) is 4.79 Å². The number of amides is 1. The normalized spacial score (nSPS) is 13.0. The summed E-state index contributed by atoms with van der Waals surface area (Å²) in [5.74, 6) is 0.562. The van der Waals surface area contributed by atoms with Gasteiger partial charge in [0, 0.05) is 6.54 Å². The molecule has 7 nitrogen and oxygen atoms in total. The number of benzene rings is 2. The van der Waals surface area contributed by atoms with Crippen LogP contribution in [-0.4, -0.2) is 23.7 Å². The van der Waals surface area contributed by atoms with Crippen LogP contribution in [0.2, 0.25) is 0 Å². The van der Waals surface area contributed by atoms with E-state index in [-0.39, 0.29) is 12.5 Å². The highest BCUT2D eigenvalue weighted by Crippen LogP contribution is 2.30. The Morgan fingerprint density at radius 2 is 1.88 bits per heavy atom. The molecule has 7 heteroatoms. The highest BCUT2D eigenvalue weighted by atomic mass is 16.6. The molecule has 1 aliphatic rings.